The SMILES string of the molecule is Cc1ccc(CN2C3CCC2C(C(=O)O)C3)cc1. The van der Waals surface area contributed by atoms with Gasteiger partial charge < -0.3 is 5.11 Å². The molecule has 3 heteroatoms. The van der Waals surface area contributed by atoms with Crippen molar-refractivity contribution in [2.75, 3.05) is 0 Å². The fraction of sp³-hybridized carbons (Fsp3) is 0.533. The molecular weight excluding hydrogens is 226 g/mol. The van der Waals surface area contributed by atoms with Crippen LogP contribution in [0.4, 0.5) is 0 Å². The van der Waals surface area contributed by atoms with E-state index in [0.29, 0.717) is 6.04 Å². The lowest BCUT2D eigenvalue weighted by molar-refractivity contribution is -0.142. The lowest BCUT2D eigenvalue weighted by Gasteiger charge is -2.22. The maximum Gasteiger partial charge on any atom is 0.308 e. The molecule has 0 amide bonds. The minimum atomic E-state index is -0.615. The van der Waals surface area contributed by atoms with Gasteiger partial charge in [-0.2, -0.15) is 0 Å². The summed E-state index contributed by atoms with van der Waals surface area (Å²) in [7, 11) is 0. The third-order valence-electron chi connectivity index (χ3n) is 4.48. The zero-order valence-electron chi connectivity index (χ0n) is 10.7. The first-order valence-corrected chi connectivity index (χ1v) is 6.69. The van der Waals surface area contributed by atoms with Gasteiger partial charge in [0.2, 0.25) is 0 Å². The number of benzene rings is 1. The van der Waals surface area contributed by atoms with E-state index in [9.17, 15) is 9.90 Å². The van der Waals surface area contributed by atoms with Gasteiger partial charge in [0.1, 0.15) is 0 Å². The van der Waals surface area contributed by atoms with E-state index < -0.39 is 5.97 Å². The second kappa shape index (κ2) is 4.39. The van der Waals surface area contributed by atoms with E-state index in [-0.39, 0.29) is 12.0 Å². The van der Waals surface area contributed by atoms with Gasteiger partial charge in [-0.3, -0.25) is 9.69 Å². The molecule has 0 spiro atoms. The van der Waals surface area contributed by atoms with Gasteiger partial charge in [0.25, 0.3) is 0 Å². The van der Waals surface area contributed by atoms with Crippen LogP contribution in [0.1, 0.15) is 30.4 Å². The number of fused-ring (bicyclic) bond motifs is 2. The number of carboxylic acid groups (broad SMARTS) is 1. The number of hydrogen-bond donors (Lipinski definition) is 1. The Labute approximate surface area is 107 Å². The van der Waals surface area contributed by atoms with Crippen LogP contribution in [0.5, 0.6) is 0 Å². The monoisotopic (exact) mass is 245 g/mol. The minimum Gasteiger partial charge on any atom is -0.481 e. The molecule has 2 aliphatic heterocycles. The van der Waals surface area contributed by atoms with Crippen molar-refractivity contribution >= 4 is 5.97 Å². The van der Waals surface area contributed by atoms with Gasteiger partial charge in [0.15, 0.2) is 0 Å². The highest BCUT2D eigenvalue weighted by atomic mass is 16.4. The third-order valence-corrected chi connectivity index (χ3v) is 4.48. The summed E-state index contributed by atoms with van der Waals surface area (Å²) in [4.78, 5) is 13.6. The van der Waals surface area contributed by atoms with Crippen LogP contribution < -0.4 is 0 Å². The summed E-state index contributed by atoms with van der Waals surface area (Å²) in [6, 6.07) is 9.31. The number of aryl methyl sites for hydroxylation is 1. The topological polar surface area (TPSA) is 40.5 Å². The molecule has 3 rings (SSSR count). The highest BCUT2D eigenvalue weighted by molar-refractivity contribution is 5.71. The van der Waals surface area contributed by atoms with Gasteiger partial charge in [-0.15, -0.1) is 0 Å². The zero-order chi connectivity index (χ0) is 12.7. The first-order chi connectivity index (χ1) is 8.65. The van der Waals surface area contributed by atoms with Crippen LogP contribution in [0.15, 0.2) is 24.3 Å². The molecule has 1 aromatic carbocycles. The number of carboxylic acids is 1. The summed E-state index contributed by atoms with van der Waals surface area (Å²) in [5, 5.41) is 9.23. The Morgan fingerprint density at radius 1 is 1.33 bits per heavy atom. The van der Waals surface area contributed by atoms with Gasteiger partial charge in [0, 0.05) is 18.6 Å². The molecule has 96 valence electrons. The smallest absolute Gasteiger partial charge is 0.308 e. The Kier molecular flexibility index (Phi) is 2.86. The Morgan fingerprint density at radius 2 is 2.06 bits per heavy atom. The van der Waals surface area contributed by atoms with Crippen LogP contribution in [-0.4, -0.2) is 28.1 Å². The van der Waals surface area contributed by atoms with Crippen LogP contribution in [0.2, 0.25) is 0 Å². The lowest BCUT2D eigenvalue weighted by atomic mass is 9.89. The van der Waals surface area contributed by atoms with Crippen LogP contribution >= 0.6 is 0 Å². The van der Waals surface area contributed by atoms with E-state index in [2.05, 4.69) is 36.1 Å². The second-order valence-corrected chi connectivity index (χ2v) is 5.64. The highest BCUT2D eigenvalue weighted by Gasteiger charge is 2.48. The molecule has 2 fully saturated rings. The molecule has 18 heavy (non-hydrogen) atoms. The van der Waals surface area contributed by atoms with Gasteiger partial charge in [-0.05, 0) is 31.7 Å². The van der Waals surface area contributed by atoms with Crippen LogP contribution in [0.25, 0.3) is 0 Å². The van der Waals surface area contributed by atoms with Crippen molar-refractivity contribution in [3.8, 4) is 0 Å². The summed E-state index contributed by atoms with van der Waals surface area (Å²) < 4.78 is 0. The van der Waals surface area contributed by atoms with Crippen molar-refractivity contribution < 1.29 is 9.90 Å². The predicted molar refractivity (Wildman–Crippen MR) is 69.3 cm³/mol. The third kappa shape index (κ3) is 1.93. The molecule has 2 heterocycles. The fourth-order valence-electron chi connectivity index (χ4n) is 3.52. The lowest BCUT2D eigenvalue weighted by Crippen LogP contribution is -2.32. The average molecular weight is 245 g/mol. The Morgan fingerprint density at radius 3 is 2.67 bits per heavy atom. The molecule has 2 bridgehead atoms. The van der Waals surface area contributed by atoms with E-state index in [1.165, 1.54) is 17.5 Å². The summed E-state index contributed by atoms with van der Waals surface area (Å²) in [6.45, 7) is 2.99. The maximum absolute atomic E-state index is 11.2. The van der Waals surface area contributed by atoms with E-state index in [0.717, 1.165) is 19.4 Å². The first kappa shape index (κ1) is 11.7. The molecule has 0 saturated carbocycles. The number of aliphatic carboxylic acids is 1. The van der Waals surface area contributed by atoms with Gasteiger partial charge in [-0.25, -0.2) is 0 Å². The molecule has 3 unspecified atom stereocenters. The number of carbonyl (C=O) groups is 1. The van der Waals surface area contributed by atoms with E-state index in [4.69, 9.17) is 0 Å². The Bertz CT molecular complexity index is 454. The number of nitrogens with zero attached hydrogens (tertiary/aromatic N) is 1. The molecule has 2 saturated heterocycles. The van der Waals surface area contributed by atoms with Crippen molar-refractivity contribution in [1.82, 2.24) is 4.90 Å². The summed E-state index contributed by atoms with van der Waals surface area (Å²) in [6.07, 6.45) is 3.06. The molecule has 3 atom stereocenters. The maximum atomic E-state index is 11.2. The number of hydrogen-bond acceptors (Lipinski definition) is 2. The number of rotatable bonds is 3. The quantitative estimate of drug-likeness (QED) is 0.889. The minimum absolute atomic E-state index is 0.144. The molecule has 2 aliphatic rings. The molecule has 0 aromatic heterocycles. The van der Waals surface area contributed by atoms with Crippen molar-refractivity contribution in [2.45, 2.75) is 44.8 Å². The predicted octanol–water partition coefficient (Wildman–Crippen LogP) is 2.43. The largest absolute Gasteiger partial charge is 0.481 e. The van der Waals surface area contributed by atoms with Gasteiger partial charge in [0.05, 0.1) is 5.92 Å². The van der Waals surface area contributed by atoms with E-state index in [1.54, 1.807) is 0 Å². The molecule has 0 radical (unpaired) electrons. The van der Waals surface area contributed by atoms with Crippen molar-refractivity contribution in [2.24, 2.45) is 5.92 Å². The fourth-order valence-corrected chi connectivity index (χ4v) is 3.52. The molecule has 1 N–H and O–H groups in total. The van der Waals surface area contributed by atoms with Crippen molar-refractivity contribution in [3.05, 3.63) is 35.4 Å². The van der Waals surface area contributed by atoms with Gasteiger partial charge >= 0.3 is 5.97 Å². The normalized spacial score (nSPS) is 30.8. The Balaban J connectivity index is 1.74. The summed E-state index contributed by atoms with van der Waals surface area (Å²) in [5.41, 5.74) is 2.56. The molecular formula is C15H19NO2. The first-order valence-electron chi connectivity index (χ1n) is 6.69. The van der Waals surface area contributed by atoms with E-state index in [1.807, 2.05) is 0 Å². The zero-order valence-corrected chi connectivity index (χ0v) is 10.7. The second-order valence-electron chi connectivity index (χ2n) is 5.64. The van der Waals surface area contributed by atoms with E-state index >= 15 is 0 Å². The van der Waals surface area contributed by atoms with Gasteiger partial charge in [-0.1, -0.05) is 29.8 Å². The molecule has 0 aliphatic carbocycles. The van der Waals surface area contributed by atoms with Crippen LogP contribution in [0.3, 0.4) is 0 Å². The standard InChI is InChI=1S/C15H19NO2/c1-10-2-4-11(5-3-10)9-16-12-6-7-14(16)13(8-12)15(17)18/h2-5,12-14H,6-9H2,1H3,(H,17,18). The van der Waals surface area contributed by atoms with Crippen LogP contribution in [0, 0.1) is 12.8 Å². The Hall–Kier alpha value is -1.35. The van der Waals surface area contributed by atoms with Crippen molar-refractivity contribution in [3.63, 3.8) is 0 Å². The van der Waals surface area contributed by atoms with Crippen LogP contribution in [-0.2, 0) is 11.3 Å². The highest BCUT2D eigenvalue weighted by Crippen LogP contribution is 2.42. The van der Waals surface area contributed by atoms with Crippen molar-refractivity contribution in [1.29, 1.82) is 0 Å². The average Bonchev–Trinajstić information content (AvgIpc) is 2.89. The summed E-state index contributed by atoms with van der Waals surface area (Å²) in [5.74, 6) is -0.759. The summed E-state index contributed by atoms with van der Waals surface area (Å²) >= 11 is 0. The molecule has 1 aromatic rings. The molecule has 3 nitrogen and oxygen atoms in total.